The minimum absolute atomic E-state index is 0.0147. The summed E-state index contributed by atoms with van der Waals surface area (Å²) in [6.45, 7) is 6.81. The van der Waals surface area contributed by atoms with Crippen LogP contribution in [0.15, 0.2) is 21.9 Å². The molecule has 0 radical (unpaired) electrons. The fourth-order valence-electron chi connectivity index (χ4n) is 3.98. The Hall–Kier alpha value is -1.90. The van der Waals surface area contributed by atoms with Crippen LogP contribution in [0.1, 0.15) is 51.6 Å². The zero-order valence-corrected chi connectivity index (χ0v) is 17.9. The molecule has 3 rings (SSSR count). The van der Waals surface area contributed by atoms with Crippen molar-refractivity contribution in [3.8, 4) is 0 Å². The number of carboxylic acids is 1. The van der Waals surface area contributed by atoms with Crippen molar-refractivity contribution < 1.29 is 14.7 Å². The van der Waals surface area contributed by atoms with Crippen LogP contribution >= 0.6 is 23.1 Å². The molecule has 6 nitrogen and oxygen atoms in total. The molecular weight excluding hydrogens is 394 g/mol. The third kappa shape index (κ3) is 4.39. The monoisotopic (exact) mass is 419 g/mol. The van der Waals surface area contributed by atoms with Gasteiger partial charge >= 0.3 is 5.97 Å². The topological polar surface area (TPSA) is 96.5 Å². The van der Waals surface area contributed by atoms with Crippen LogP contribution < -0.4 is 5.73 Å². The molecule has 1 unspecified atom stereocenters. The smallest absolute Gasteiger partial charge is 0.355 e. The van der Waals surface area contributed by atoms with E-state index in [-0.39, 0.29) is 23.7 Å². The van der Waals surface area contributed by atoms with E-state index in [0.29, 0.717) is 23.1 Å². The summed E-state index contributed by atoms with van der Waals surface area (Å²) in [6.07, 6.45) is 1.28. The third-order valence-corrected chi connectivity index (χ3v) is 7.12. The highest BCUT2D eigenvalue weighted by molar-refractivity contribution is 8.01. The van der Waals surface area contributed by atoms with Crippen LogP contribution in [0.4, 0.5) is 0 Å². The molecule has 1 aromatic heterocycles. The minimum Gasteiger partial charge on any atom is -0.476 e. The Labute approximate surface area is 173 Å². The van der Waals surface area contributed by atoms with Crippen LogP contribution in [0.5, 0.6) is 0 Å². The maximum Gasteiger partial charge on any atom is 0.355 e. The zero-order chi connectivity index (χ0) is 20.4. The largest absolute Gasteiger partial charge is 0.476 e. The number of hydrogen-bond donors (Lipinski definition) is 2. The van der Waals surface area contributed by atoms with Gasteiger partial charge in [0.1, 0.15) is 0 Å². The summed E-state index contributed by atoms with van der Waals surface area (Å²) in [5, 5.41) is 10.5. The number of carbonyl (C=O) groups is 2. The summed E-state index contributed by atoms with van der Waals surface area (Å²) < 4.78 is 0.704. The zero-order valence-electron chi connectivity index (χ0n) is 16.3. The predicted molar refractivity (Wildman–Crippen MR) is 112 cm³/mol. The number of aryl methyl sites for hydroxylation is 3. The van der Waals surface area contributed by atoms with Gasteiger partial charge in [-0.1, -0.05) is 29.5 Å². The second kappa shape index (κ2) is 8.63. The van der Waals surface area contributed by atoms with Gasteiger partial charge in [0.05, 0.1) is 12.1 Å². The molecule has 28 heavy (non-hydrogen) atoms. The van der Waals surface area contributed by atoms with Crippen molar-refractivity contribution in [3.05, 3.63) is 45.5 Å². The number of hydrogen-bond acceptors (Lipinski definition) is 6. The van der Waals surface area contributed by atoms with Crippen molar-refractivity contribution in [3.63, 3.8) is 0 Å². The molecule has 8 heteroatoms. The molecule has 0 saturated carbocycles. The van der Waals surface area contributed by atoms with Crippen molar-refractivity contribution in [2.75, 3.05) is 12.3 Å². The Morgan fingerprint density at radius 2 is 2.07 bits per heavy atom. The molecule has 1 aliphatic rings. The number of thiazole rings is 1. The fourth-order valence-corrected chi connectivity index (χ4v) is 5.79. The van der Waals surface area contributed by atoms with E-state index >= 15 is 0 Å². The lowest BCUT2D eigenvalue weighted by atomic mass is 9.89. The normalized spacial score (nSPS) is 17.9. The highest BCUT2D eigenvalue weighted by Crippen LogP contribution is 2.33. The average molecular weight is 420 g/mol. The molecule has 2 atom stereocenters. The second-order valence-electron chi connectivity index (χ2n) is 7.18. The molecule has 150 valence electrons. The van der Waals surface area contributed by atoms with Crippen molar-refractivity contribution in [1.29, 1.82) is 0 Å². The Morgan fingerprint density at radius 1 is 1.39 bits per heavy atom. The number of amides is 1. The number of likely N-dealkylation sites (tertiary alicyclic amines) is 1. The number of nitrogens with two attached hydrogens (primary N) is 1. The summed E-state index contributed by atoms with van der Waals surface area (Å²) in [7, 11) is 0. The number of nitrogens with zero attached hydrogens (tertiary/aromatic N) is 2. The molecular formula is C20H25N3O3S2. The second-order valence-corrected chi connectivity index (χ2v) is 9.38. The van der Waals surface area contributed by atoms with Crippen molar-refractivity contribution in [1.82, 2.24) is 9.88 Å². The standard InChI is InChI=1S/C20H25N3O3S2/c1-11-8-12(2)17(13(3)9-11)18(21)15-4-5-16(24)23(15)6-7-27-20-22-14(10-28-20)19(25)26/h8-10,15,18H,4-7,21H2,1-3H3,(H,25,26)/t15-,18?/m1/s1. The maximum absolute atomic E-state index is 12.5. The van der Waals surface area contributed by atoms with Gasteiger partial charge in [-0.2, -0.15) is 0 Å². The first-order chi connectivity index (χ1) is 13.3. The van der Waals surface area contributed by atoms with Gasteiger partial charge in [-0.05, 0) is 43.9 Å². The van der Waals surface area contributed by atoms with E-state index < -0.39 is 5.97 Å². The van der Waals surface area contributed by atoms with Gasteiger partial charge in [-0.3, -0.25) is 4.79 Å². The van der Waals surface area contributed by atoms with Crippen molar-refractivity contribution in [2.24, 2.45) is 5.73 Å². The van der Waals surface area contributed by atoms with E-state index in [1.807, 2.05) is 4.90 Å². The number of benzene rings is 1. The first kappa shape index (κ1) is 20.8. The van der Waals surface area contributed by atoms with Crippen LogP contribution in [0, 0.1) is 20.8 Å². The van der Waals surface area contributed by atoms with E-state index in [0.717, 1.165) is 12.0 Å². The molecule has 1 amide bonds. The molecule has 1 fully saturated rings. The number of aromatic carboxylic acids is 1. The lowest BCUT2D eigenvalue weighted by Gasteiger charge is -2.31. The number of carboxylic acid groups (broad SMARTS) is 1. The van der Waals surface area contributed by atoms with Crippen LogP contribution in [-0.4, -0.2) is 45.2 Å². The molecule has 0 bridgehead atoms. The first-order valence-electron chi connectivity index (χ1n) is 9.22. The molecule has 1 aliphatic heterocycles. The van der Waals surface area contributed by atoms with Gasteiger partial charge in [-0.15, -0.1) is 11.3 Å². The minimum atomic E-state index is -1.02. The van der Waals surface area contributed by atoms with Gasteiger partial charge in [0.25, 0.3) is 0 Å². The highest BCUT2D eigenvalue weighted by Gasteiger charge is 2.36. The summed E-state index contributed by atoms with van der Waals surface area (Å²) in [5.74, 6) is -0.227. The lowest BCUT2D eigenvalue weighted by Crippen LogP contribution is -2.42. The summed E-state index contributed by atoms with van der Waals surface area (Å²) >= 11 is 2.79. The Bertz CT molecular complexity index is 874. The molecule has 1 saturated heterocycles. The molecule has 2 aromatic rings. The molecule has 2 heterocycles. The number of aromatic nitrogens is 1. The first-order valence-corrected chi connectivity index (χ1v) is 11.1. The van der Waals surface area contributed by atoms with E-state index in [2.05, 4.69) is 37.9 Å². The molecule has 0 aliphatic carbocycles. The fraction of sp³-hybridized carbons (Fsp3) is 0.450. The maximum atomic E-state index is 12.5. The molecule has 3 N–H and O–H groups in total. The molecule has 1 aromatic carbocycles. The van der Waals surface area contributed by atoms with Crippen LogP contribution in [-0.2, 0) is 4.79 Å². The quantitative estimate of drug-likeness (QED) is 0.666. The van der Waals surface area contributed by atoms with E-state index in [4.69, 9.17) is 10.8 Å². The Kier molecular flexibility index (Phi) is 6.42. The summed E-state index contributed by atoms with van der Waals surface area (Å²) in [6, 6.07) is 4.05. The van der Waals surface area contributed by atoms with E-state index in [1.165, 1.54) is 45.2 Å². The number of carbonyl (C=O) groups excluding carboxylic acids is 1. The number of thioether (sulfide) groups is 1. The van der Waals surface area contributed by atoms with Gasteiger partial charge < -0.3 is 15.7 Å². The Balaban J connectivity index is 1.68. The van der Waals surface area contributed by atoms with Crippen molar-refractivity contribution >= 4 is 35.0 Å². The van der Waals surface area contributed by atoms with Gasteiger partial charge in [0, 0.05) is 24.1 Å². The van der Waals surface area contributed by atoms with Crippen LogP contribution in [0.2, 0.25) is 0 Å². The van der Waals surface area contributed by atoms with Gasteiger partial charge in [0.2, 0.25) is 5.91 Å². The van der Waals surface area contributed by atoms with Crippen LogP contribution in [0.25, 0.3) is 0 Å². The van der Waals surface area contributed by atoms with Gasteiger partial charge in [0.15, 0.2) is 10.0 Å². The van der Waals surface area contributed by atoms with Crippen molar-refractivity contribution in [2.45, 2.75) is 50.0 Å². The third-order valence-electron chi connectivity index (χ3n) is 5.12. The summed E-state index contributed by atoms with van der Waals surface area (Å²) in [5.41, 5.74) is 11.4. The average Bonchev–Trinajstić information content (AvgIpc) is 3.21. The van der Waals surface area contributed by atoms with Gasteiger partial charge in [-0.25, -0.2) is 9.78 Å². The van der Waals surface area contributed by atoms with E-state index in [9.17, 15) is 9.59 Å². The summed E-state index contributed by atoms with van der Waals surface area (Å²) in [4.78, 5) is 29.4. The lowest BCUT2D eigenvalue weighted by molar-refractivity contribution is -0.128. The van der Waals surface area contributed by atoms with Crippen LogP contribution in [0.3, 0.4) is 0 Å². The molecule has 0 spiro atoms. The highest BCUT2D eigenvalue weighted by atomic mass is 32.2. The van der Waals surface area contributed by atoms with E-state index in [1.54, 1.807) is 0 Å². The number of rotatable bonds is 7. The predicted octanol–water partition coefficient (Wildman–Crippen LogP) is 3.55. The SMILES string of the molecule is Cc1cc(C)c(C(N)[C@H]2CCC(=O)N2CCSc2nc(C(=O)O)cs2)c(C)c1. The Morgan fingerprint density at radius 3 is 2.68 bits per heavy atom.